The summed E-state index contributed by atoms with van der Waals surface area (Å²) in [6, 6.07) is 9.11. The summed E-state index contributed by atoms with van der Waals surface area (Å²) in [4.78, 5) is 5.13. The van der Waals surface area contributed by atoms with Crippen molar-refractivity contribution in [3.63, 3.8) is 0 Å². The summed E-state index contributed by atoms with van der Waals surface area (Å²) in [5.41, 5.74) is 6.17. The summed E-state index contributed by atoms with van der Waals surface area (Å²) in [5.74, 6) is -0.00267. The van der Waals surface area contributed by atoms with Gasteiger partial charge in [-0.1, -0.05) is 23.4 Å². The molecule has 0 spiro atoms. The van der Waals surface area contributed by atoms with E-state index in [9.17, 15) is 0 Å². The van der Waals surface area contributed by atoms with E-state index in [1.54, 1.807) is 18.3 Å². The minimum atomic E-state index is -0.00267. The van der Waals surface area contributed by atoms with Gasteiger partial charge >= 0.3 is 0 Å². The number of nitrogen functional groups attached to an aromatic ring is 1. The van der Waals surface area contributed by atoms with Crippen LogP contribution >= 0.6 is 39.3 Å². The summed E-state index contributed by atoms with van der Waals surface area (Å²) in [7, 11) is 0. The molecule has 0 unspecified atom stereocenters. The number of amidine groups is 1. The molecule has 92 valence electrons. The zero-order valence-electron chi connectivity index (χ0n) is 9.15. The number of rotatable bonds is 3. The fraction of sp³-hybridized carbons (Fsp3) is 0. The van der Waals surface area contributed by atoms with E-state index < -0.39 is 0 Å². The molecule has 6 heteroatoms. The molecular weight excluding hydrogens is 334 g/mol. The van der Waals surface area contributed by atoms with Crippen LogP contribution in [0.1, 0.15) is 5.56 Å². The van der Waals surface area contributed by atoms with E-state index in [2.05, 4.69) is 20.9 Å². The van der Waals surface area contributed by atoms with Gasteiger partial charge in [0.1, 0.15) is 10.9 Å². The quantitative estimate of drug-likeness (QED) is 0.656. The minimum absolute atomic E-state index is 0.00267. The van der Waals surface area contributed by atoms with Gasteiger partial charge < -0.3 is 5.73 Å². The van der Waals surface area contributed by atoms with Crippen molar-refractivity contribution < 1.29 is 0 Å². The number of hydrogen-bond acceptors (Lipinski definition) is 3. The Bertz CT molecular complexity index is 586. The largest absolute Gasteiger partial charge is 0.384 e. The maximum absolute atomic E-state index is 7.55. The number of pyridine rings is 1. The molecule has 0 radical (unpaired) electrons. The lowest BCUT2D eigenvalue weighted by Gasteiger charge is -2.07. The normalized spacial score (nSPS) is 10.3. The number of hydrogen-bond donors (Lipinski definition) is 2. The second-order valence-electron chi connectivity index (χ2n) is 3.47. The van der Waals surface area contributed by atoms with Crippen LogP contribution in [0.4, 0.5) is 0 Å². The monoisotopic (exact) mass is 341 g/mol. The Balaban J connectivity index is 2.34. The molecule has 0 aliphatic carbocycles. The van der Waals surface area contributed by atoms with E-state index in [1.807, 2.05) is 18.2 Å². The maximum atomic E-state index is 7.55. The highest BCUT2D eigenvalue weighted by atomic mass is 79.9. The molecule has 18 heavy (non-hydrogen) atoms. The number of nitrogens with zero attached hydrogens (tertiary/aromatic N) is 1. The second-order valence-corrected chi connectivity index (χ2v) is 5.89. The van der Waals surface area contributed by atoms with Crippen LogP contribution in [0.15, 0.2) is 50.9 Å². The number of halogens is 2. The van der Waals surface area contributed by atoms with Gasteiger partial charge in [-0.15, -0.1) is 0 Å². The smallest absolute Gasteiger partial charge is 0.123 e. The van der Waals surface area contributed by atoms with Gasteiger partial charge in [0.15, 0.2) is 0 Å². The highest BCUT2D eigenvalue weighted by molar-refractivity contribution is 9.10. The van der Waals surface area contributed by atoms with E-state index in [0.29, 0.717) is 10.6 Å². The van der Waals surface area contributed by atoms with E-state index >= 15 is 0 Å². The summed E-state index contributed by atoms with van der Waals surface area (Å²) < 4.78 is 0.926. The molecule has 0 aliphatic rings. The molecule has 0 fully saturated rings. The number of nitrogens with two attached hydrogens (primary N) is 1. The Morgan fingerprint density at radius 1 is 1.33 bits per heavy atom. The molecule has 0 amide bonds. The molecule has 1 heterocycles. The molecule has 2 rings (SSSR count). The molecule has 2 aromatic rings. The third-order valence-corrected chi connectivity index (χ3v) is 3.88. The van der Waals surface area contributed by atoms with Crippen molar-refractivity contribution in [3.8, 4) is 0 Å². The fourth-order valence-electron chi connectivity index (χ4n) is 1.34. The Morgan fingerprint density at radius 2 is 2.11 bits per heavy atom. The van der Waals surface area contributed by atoms with Crippen molar-refractivity contribution in [2.24, 2.45) is 5.73 Å². The molecule has 1 aromatic carbocycles. The van der Waals surface area contributed by atoms with Gasteiger partial charge in [0.05, 0.1) is 0 Å². The van der Waals surface area contributed by atoms with Crippen LogP contribution in [0.5, 0.6) is 0 Å². The topological polar surface area (TPSA) is 62.8 Å². The van der Waals surface area contributed by atoms with Gasteiger partial charge in [-0.2, -0.15) is 0 Å². The lowest BCUT2D eigenvalue weighted by Crippen LogP contribution is -2.12. The molecule has 0 saturated carbocycles. The highest BCUT2D eigenvalue weighted by Crippen LogP contribution is 2.31. The second kappa shape index (κ2) is 5.73. The first-order valence-corrected chi connectivity index (χ1v) is 6.98. The Hall–Kier alpha value is -1.04. The molecule has 0 aliphatic heterocycles. The maximum Gasteiger partial charge on any atom is 0.123 e. The Morgan fingerprint density at radius 3 is 2.72 bits per heavy atom. The fourth-order valence-corrected chi connectivity index (χ4v) is 2.63. The lowest BCUT2D eigenvalue weighted by atomic mass is 10.2. The van der Waals surface area contributed by atoms with Crippen LogP contribution in [-0.2, 0) is 0 Å². The van der Waals surface area contributed by atoms with Gasteiger partial charge in [0, 0.05) is 26.2 Å². The third kappa shape index (κ3) is 3.25. The van der Waals surface area contributed by atoms with E-state index in [0.717, 1.165) is 14.4 Å². The SMILES string of the molecule is N=C(N)c1cc(Cl)ccc1Sc1ccc(Br)cn1. The molecule has 3 N–H and O–H groups in total. The average molecular weight is 343 g/mol. The van der Waals surface area contributed by atoms with E-state index in [4.69, 9.17) is 22.7 Å². The summed E-state index contributed by atoms with van der Waals surface area (Å²) >= 11 is 10.7. The molecule has 1 aromatic heterocycles. The van der Waals surface area contributed by atoms with E-state index in [-0.39, 0.29) is 5.84 Å². The zero-order chi connectivity index (χ0) is 13.1. The molecule has 0 atom stereocenters. The Kier molecular flexibility index (Phi) is 4.27. The highest BCUT2D eigenvalue weighted by Gasteiger charge is 2.08. The van der Waals surface area contributed by atoms with Crippen molar-refractivity contribution in [2.75, 3.05) is 0 Å². The zero-order valence-corrected chi connectivity index (χ0v) is 12.3. The van der Waals surface area contributed by atoms with Crippen molar-refractivity contribution in [1.82, 2.24) is 4.98 Å². The average Bonchev–Trinajstić information content (AvgIpc) is 2.34. The van der Waals surface area contributed by atoms with Crippen LogP contribution in [0.25, 0.3) is 0 Å². The van der Waals surface area contributed by atoms with Crippen LogP contribution < -0.4 is 5.73 Å². The van der Waals surface area contributed by atoms with Crippen LogP contribution in [0.3, 0.4) is 0 Å². The minimum Gasteiger partial charge on any atom is -0.384 e. The van der Waals surface area contributed by atoms with Crippen molar-refractivity contribution in [3.05, 3.63) is 51.6 Å². The molecule has 0 saturated heterocycles. The lowest BCUT2D eigenvalue weighted by molar-refractivity contribution is 1.12. The van der Waals surface area contributed by atoms with Crippen LogP contribution in [0, 0.1) is 5.41 Å². The summed E-state index contributed by atoms with van der Waals surface area (Å²) in [6.45, 7) is 0. The standard InChI is InChI=1S/C12H9BrClN3S/c13-7-1-4-11(17-6-7)18-10-3-2-8(14)5-9(10)12(15)16/h1-6H,(H3,15,16). The predicted molar refractivity (Wildman–Crippen MR) is 78.5 cm³/mol. The van der Waals surface area contributed by atoms with Crippen molar-refractivity contribution in [2.45, 2.75) is 9.92 Å². The van der Waals surface area contributed by atoms with Crippen LogP contribution in [0.2, 0.25) is 5.02 Å². The Labute approximate surface area is 122 Å². The first-order chi connectivity index (χ1) is 8.56. The summed E-state index contributed by atoms with van der Waals surface area (Å²) in [6.07, 6.45) is 1.73. The van der Waals surface area contributed by atoms with Crippen molar-refractivity contribution >= 4 is 45.1 Å². The van der Waals surface area contributed by atoms with Gasteiger partial charge in [-0.3, -0.25) is 5.41 Å². The molecular formula is C12H9BrClN3S. The predicted octanol–water partition coefficient (Wildman–Crippen LogP) is 3.93. The first kappa shape index (κ1) is 13.4. The van der Waals surface area contributed by atoms with Crippen molar-refractivity contribution in [1.29, 1.82) is 5.41 Å². The summed E-state index contributed by atoms with van der Waals surface area (Å²) in [5, 5.41) is 8.95. The number of aromatic nitrogens is 1. The first-order valence-electron chi connectivity index (χ1n) is 4.99. The van der Waals surface area contributed by atoms with E-state index in [1.165, 1.54) is 11.8 Å². The van der Waals surface area contributed by atoms with Gasteiger partial charge in [-0.25, -0.2) is 4.98 Å². The third-order valence-electron chi connectivity index (χ3n) is 2.15. The molecule has 0 bridgehead atoms. The van der Waals surface area contributed by atoms with Gasteiger partial charge in [0.2, 0.25) is 0 Å². The van der Waals surface area contributed by atoms with Gasteiger partial charge in [0.25, 0.3) is 0 Å². The number of benzene rings is 1. The molecule has 3 nitrogen and oxygen atoms in total. The number of nitrogens with one attached hydrogen (secondary N) is 1. The van der Waals surface area contributed by atoms with Gasteiger partial charge in [-0.05, 0) is 46.3 Å². The van der Waals surface area contributed by atoms with Crippen LogP contribution in [-0.4, -0.2) is 10.8 Å².